The lowest BCUT2D eigenvalue weighted by atomic mass is 9.98. The summed E-state index contributed by atoms with van der Waals surface area (Å²) in [4.78, 5) is 0. The molecule has 2 aliphatic heterocycles. The van der Waals surface area contributed by atoms with Gasteiger partial charge in [-0.3, -0.25) is 4.57 Å². The molecule has 0 saturated carbocycles. The summed E-state index contributed by atoms with van der Waals surface area (Å²) < 4.78 is 7.63. The van der Waals surface area contributed by atoms with E-state index < -0.39 is 0 Å². The second-order valence-electron chi connectivity index (χ2n) is 13.0. The summed E-state index contributed by atoms with van der Waals surface area (Å²) >= 11 is 1.92. The predicted octanol–water partition coefficient (Wildman–Crippen LogP) is 10.8. The highest BCUT2D eigenvalue weighted by Gasteiger charge is 2.29. The van der Waals surface area contributed by atoms with Crippen molar-refractivity contribution in [3.8, 4) is 5.69 Å². The minimum atomic E-state index is 0.0414. The summed E-state index contributed by atoms with van der Waals surface area (Å²) in [5.74, 6) is 1.07. The molecule has 0 bridgehead atoms. The van der Waals surface area contributed by atoms with E-state index in [1.165, 1.54) is 75.0 Å². The van der Waals surface area contributed by atoms with Gasteiger partial charge in [0.1, 0.15) is 5.82 Å². The van der Waals surface area contributed by atoms with Crippen molar-refractivity contribution in [2.75, 3.05) is 0 Å². The molecule has 5 heterocycles. The summed E-state index contributed by atoms with van der Waals surface area (Å²) in [6, 6.07) is 48.5. The van der Waals surface area contributed by atoms with E-state index >= 15 is 0 Å². The molecule has 4 nitrogen and oxygen atoms in total. The first-order valence-corrected chi connectivity index (χ1v) is 17.7. The maximum atomic E-state index is 3.95. The Kier molecular flexibility index (Phi) is 5.63. The van der Waals surface area contributed by atoms with Crippen LogP contribution in [-0.2, 0) is 0 Å². The molecule has 0 saturated heterocycles. The Labute approximate surface area is 286 Å². The van der Waals surface area contributed by atoms with Gasteiger partial charge in [-0.15, -0.1) is 11.3 Å². The highest BCUT2D eigenvalue weighted by Crippen LogP contribution is 2.51. The zero-order valence-corrected chi connectivity index (χ0v) is 27.3. The number of para-hydroxylation sites is 3. The van der Waals surface area contributed by atoms with E-state index in [9.17, 15) is 0 Å². The van der Waals surface area contributed by atoms with Crippen LogP contribution in [0.3, 0.4) is 0 Å². The van der Waals surface area contributed by atoms with Gasteiger partial charge >= 0.3 is 0 Å². The van der Waals surface area contributed by atoms with Crippen molar-refractivity contribution >= 4 is 80.9 Å². The monoisotopic (exact) mass is 646 g/mol. The van der Waals surface area contributed by atoms with Gasteiger partial charge in [-0.05, 0) is 48.0 Å². The second kappa shape index (κ2) is 10.2. The standard InChI is InChI=1S/C44H30N4S/c1-3-13-27(14-4-1)32-23-24-34-33(45-32)25-26-38(46-34)48-36-21-11-8-18-30(36)41-43(48)42-39(40-31-19-9-12-22-37(31)49-44(40)41)29-17-7-10-20-35(29)47(42)28-15-5-2-6-16-28/h1-26,32,34,45-46H. The van der Waals surface area contributed by atoms with Gasteiger partial charge in [0.05, 0.1) is 34.2 Å². The summed E-state index contributed by atoms with van der Waals surface area (Å²) in [5.41, 5.74) is 8.46. The van der Waals surface area contributed by atoms with Crippen LogP contribution in [0, 0.1) is 0 Å². The normalized spacial score (nSPS) is 17.5. The largest absolute Gasteiger partial charge is 0.376 e. The number of aromatic nitrogens is 2. The van der Waals surface area contributed by atoms with Gasteiger partial charge in [0.2, 0.25) is 0 Å². The first kappa shape index (κ1) is 27.0. The maximum Gasteiger partial charge on any atom is 0.111 e. The molecule has 0 spiro atoms. The predicted molar refractivity (Wildman–Crippen MR) is 207 cm³/mol. The number of benzene rings is 6. The summed E-state index contributed by atoms with van der Waals surface area (Å²) in [6.45, 7) is 0. The average molecular weight is 647 g/mol. The Hall–Kier alpha value is -6.04. The highest BCUT2D eigenvalue weighted by atomic mass is 32.1. The van der Waals surface area contributed by atoms with Crippen molar-refractivity contribution in [2.45, 2.75) is 12.1 Å². The van der Waals surface area contributed by atoms with Crippen LogP contribution in [-0.4, -0.2) is 15.2 Å². The zero-order valence-electron chi connectivity index (χ0n) is 26.5. The molecule has 9 aromatic rings. The van der Waals surface area contributed by atoms with Crippen molar-refractivity contribution < 1.29 is 0 Å². The molecule has 0 amide bonds. The minimum absolute atomic E-state index is 0.0414. The van der Waals surface area contributed by atoms with Crippen LogP contribution in [0.4, 0.5) is 0 Å². The van der Waals surface area contributed by atoms with Gasteiger partial charge in [-0.1, -0.05) is 115 Å². The van der Waals surface area contributed by atoms with Crippen molar-refractivity contribution in [3.63, 3.8) is 0 Å². The fourth-order valence-electron chi connectivity index (χ4n) is 8.27. The van der Waals surface area contributed by atoms with E-state index in [0.29, 0.717) is 0 Å². The molecule has 232 valence electrons. The van der Waals surface area contributed by atoms with Crippen LogP contribution in [0.1, 0.15) is 11.6 Å². The first-order chi connectivity index (χ1) is 24.3. The summed E-state index contributed by atoms with van der Waals surface area (Å²) in [5, 5.41) is 15.5. The van der Waals surface area contributed by atoms with Crippen LogP contribution < -0.4 is 10.6 Å². The molecule has 6 aromatic carbocycles. The summed E-state index contributed by atoms with van der Waals surface area (Å²) in [7, 11) is 0. The number of nitrogens with zero attached hydrogens (tertiary/aromatic N) is 2. The fourth-order valence-corrected chi connectivity index (χ4v) is 9.54. The lowest BCUT2D eigenvalue weighted by molar-refractivity contribution is 0.600. The average Bonchev–Trinajstić information content (AvgIpc) is 3.83. The van der Waals surface area contributed by atoms with Crippen LogP contribution >= 0.6 is 11.3 Å². The number of hydrogen-bond acceptors (Lipinski definition) is 3. The number of rotatable bonds is 3. The van der Waals surface area contributed by atoms with Crippen molar-refractivity contribution in [1.29, 1.82) is 0 Å². The molecule has 0 radical (unpaired) electrons. The third-order valence-corrected chi connectivity index (χ3v) is 11.5. The van der Waals surface area contributed by atoms with Gasteiger partial charge < -0.3 is 15.2 Å². The third-order valence-electron chi connectivity index (χ3n) is 10.3. The van der Waals surface area contributed by atoms with E-state index in [4.69, 9.17) is 0 Å². The number of fused-ring (bicyclic) bond motifs is 13. The van der Waals surface area contributed by atoms with Crippen LogP contribution in [0.2, 0.25) is 0 Å². The quantitative estimate of drug-likeness (QED) is 0.187. The van der Waals surface area contributed by atoms with Gasteiger partial charge in [-0.25, -0.2) is 0 Å². The molecule has 3 aromatic heterocycles. The van der Waals surface area contributed by atoms with Crippen LogP contribution in [0.25, 0.3) is 75.3 Å². The lowest BCUT2D eigenvalue weighted by Gasteiger charge is -2.33. The van der Waals surface area contributed by atoms with Gasteiger partial charge in [0, 0.05) is 53.1 Å². The van der Waals surface area contributed by atoms with E-state index in [0.717, 1.165) is 11.5 Å². The molecule has 0 aliphatic carbocycles. The van der Waals surface area contributed by atoms with Crippen molar-refractivity contribution in [3.05, 3.63) is 169 Å². The van der Waals surface area contributed by atoms with Gasteiger partial charge in [0.15, 0.2) is 0 Å². The molecule has 2 atom stereocenters. The minimum Gasteiger partial charge on any atom is -0.376 e. The van der Waals surface area contributed by atoms with Crippen molar-refractivity contribution in [1.82, 2.24) is 19.8 Å². The molecule has 0 fully saturated rings. The van der Waals surface area contributed by atoms with Crippen LogP contribution in [0.5, 0.6) is 0 Å². The molecule has 2 N–H and O–H groups in total. The Morgan fingerprint density at radius 1 is 0.490 bits per heavy atom. The molecular formula is C44H30N4S. The maximum absolute atomic E-state index is 3.95. The molecular weight excluding hydrogens is 617 g/mol. The third kappa shape index (κ3) is 3.79. The van der Waals surface area contributed by atoms with Gasteiger partial charge in [-0.2, -0.15) is 0 Å². The van der Waals surface area contributed by atoms with Crippen LogP contribution in [0.15, 0.2) is 163 Å². The second-order valence-corrected chi connectivity index (χ2v) is 14.1. The Bertz CT molecular complexity index is 2880. The molecule has 49 heavy (non-hydrogen) atoms. The molecule has 2 unspecified atom stereocenters. The fraction of sp³-hybridized carbons (Fsp3) is 0.0455. The first-order valence-electron chi connectivity index (χ1n) is 16.9. The van der Waals surface area contributed by atoms with Gasteiger partial charge in [0.25, 0.3) is 0 Å². The number of hydrogen-bond donors (Lipinski definition) is 2. The number of dihydropyridines is 1. The summed E-state index contributed by atoms with van der Waals surface area (Å²) in [6.07, 6.45) is 9.11. The lowest BCUT2D eigenvalue weighted by Crippen LogP contribution is -2.41. The number of thiophene rings is 1. The Morgan fingerprint density at radius 2 is 1.10 bits per heavy atom. The Balaban J connectivity index is 1.29. The Morgan fingerprint density at radius 3 is 1.90 bits per heavy atom. The SMILES string of the molecule is C1=CC(c2ccccc2)NC2=CC=C(n3c4ccccc4c4c5sc6ccccc6c5c5c6ccccc6n(-c6ccccc6)c5c43)NC12. The van der Waals surface area contributed by atoms with E-state index in [1.807, 2.05) is 11.3 Å². The zero-order chi connectivity index (χ0) is 32.1. The van der Waals surface area contributed by atoms with E-state index in [1.54, 1.807) is 0 Å². The van der Waals surface area contributed by atoms with Crippen molar-refractivity contribution in [2.24, 2.45) is 0 Å². The number of nitrogens with one attached hydrogen (secondary N) is 2. The molecule has 11 rings (SSSR count). The smallest absolute Gasteiger partial charge is 0.111 e. The molecule has 5 heteroatoms. The highest BCUT2D eigenvalue weighted by molar-refractivity contribution is 7.27. The molecule has 2 aliphatic rings. The van der Waals surface area contributed by atoms with E-state index in [-0.39, 0.29) is 12.1 Å². The van der Waals surface area contributed by atoms with E-state index in [2.05, 4.69) is 178 Å². The number of allylic oxidation sites excluding steroid dienone is 2. The topological polar surface area (TPSA) is 33.9 Å².